The molecule has 4 saturated carbocycles. The molecule has 4 atom stereocenters. The van der Waals surface area contributed by atoms with Gasteiger partial charge in [-0.2, -0.15) is 28.1 Å². The van der Waals surface area contributed by atoms with Crippen molar-refractivity contribution in [1.82, 2.24) is 30.3 Å². The molecular weight excluding hydrogens is 775 g/mol. The zero-order chi connectivity index (χ0) is 39.2. The lowest BCUT2D eigenvalue weighted by Gasteiger charge is -2.19. The van der Waals surface area contributed by atoms with E-state index in [4.69, 9.17) is 16.3 Å². The Balaban J connectivity index is 0.917. The second kappa shape index (κ2) is 14.8. The Morgan fingerprint density at radius 3 is 2.22 bits per heavy atom. The van der Waals surface area contributed by atoms with Gasteiger partial charge in [0.25, 0.3) is 17.7 Å². The van der Waals surface area contributed by atoms with Crippen LogP contribution >= 0.6 is 11.6 Å². The summed E-state index contributed by atoms with van der Waals surface area (Å²) in [7, 11) is -1.64. The number of hydrogen-bond donors (Lipinski definition) is 5. The molecule has 0 spiro atoms. The van der Waals surface area contributed by atoms with Crippen LogP contribution in [0.15, 0.2) is 48.5 Å². The van der Waals surface area contributed by atoms with E-state index in [1.54, 1.807) is 12.1 Å². The molecule has 0 aliphatic heterocycles. The van der Waals surface area contributed by atoms with Crippen molar-refractivity contribution in [1.29, 1.82) is 0 Å². The third kappa shape index (κ3) is 9.42. The summed E-state index contributed by atoms with van der Waals surface area (Å²) in [6.07, 6.45) is -2.04. The molecule has 294 valence electrons. The maximum Gasteiger partial charge on any atom is 0.422 e. The monoisotopic (exact) mass is 810 g/mol. The molecule has 0 bridgehead atoms. The van der Waals surface area contributed by atoms with Crippen LogP contribution in [0.4, 0.5) is 39.5 Å². The molecule has 2 unspecified atom stereocenters. The second-order valence-corrected chi connectivity index (χ2v) is 16.2. The molecule has 3 amide bonds. The number of hydrogen-bond acceptors (Lipinski definition) is 10. The average molecular weight is 811 g/mol. The van der Waals surface area contributed by atoms with Crippen molar-refractivity contribution in [3.05, 3.63) is 64.7 Å². The SMILES string of the molecule is O=C(CCCNC(=O)c1ccc(Nc2nc(NC3(c4ccc(Cl)cc4)CC3)nc(OCC(F)(F)F)n2)cc1)N[C@]1(C(=O)NS(=O)C2CC2)C[C@H]1C1CC1(F)F. The van der Waals surface area contributed by atoms with E-state index in [1.165, 1.54) is 24.3 Å². The number of carbonyl (C=O) groups is 3. The van der Waals surface area contributed by atoms with Crippen molar-refractivity contribution in [2.75, 3.05) is 23.8 Å². The molecule has 0 saturated heterocycles. The summed E-state index contributed by atoms with van der Waals surface area (Å²) in [6, 6.07) is 12.6. The van der Waals surface area contributed by atoms with Crippen LogP contribution in [0.1, 0.15) is 67.3 Å². The van der Waals surface area contributed by atoms with E-state index in [0.717, 1.165) is 5.56 Å². The topological polar surface area (TPSA) is 176 Å². The van der Waals surface area contributed by atoms with Gasteiger partial charge >= 0.3 is 12.2 Å². The highest BCUT2D eigenvalue weighted by molar-refractivity contribution is 7.84. The molecule has 0 radical (unpaired) electrons. The third-order valence-corrected chi connectivity index (χ3v) is 11.6. The van der Waals surface area contributed by atoms with Crippen molar-refractivity contribution in [2.45, 2.75) is 79.8 Å². The number of carbonyl (C=O) groups excluding carboxylic acids is 3. The molecule has 1 aromatic heterocycles. The lowest BCUT2D eigenvalue weighted by Crippen LogP contribution is -2.51. The standard InChI is InChI=1S/C35H36ClF5N8O5S/c36-21-7-5-20(6-8-21)32(13-14-32)48-30-44-29(45-31(46-30)54-18-35(39,40)41)43-22-9-3-19(4-10-22)27(51)42-15-1-2-26(50)47-33(16-24(33)25-17-34(25,37)38)28(52)49-55(53)23-11-12-23/h3-10,23-25H,1-2,11-18H2,(H,42,51)(H,47,50)(H,49,52)(H2,43,44,45,46,48)/t24-,25?,33+,55?/m0/s1. The maximum atomic E-state index is 13.8. The molecular formula is C35H36ClF5N8O5S. The third-order valence-electron chi connectivity index (χ3n) is 9.91. The van der Waals surface area contributed by atoms with Crippen LogP contribution in [-0.4, -0.2) is 72.9 Å². The summed E-state index contributed by atoms with van der Waals surface area (Å²) < 4.78 is 85.9. The van der Waals surface area contributed by atoms with Crippen LogP contribution in [0.2, 0.25) is 5.02 Å². The number of anilines is 3. The summed E-state index contributed by atoms with van der Waals surface area (Å²) >= 11 is 6.02. The number of nitrogens with one attached hydrogen (secondary N) is 5. The Kier molecular flexibility index (Phi) is 10.4. The van der Waals surface area contributed by atoms with Crippen LogP contribution < -0.4 is 30.7 Å². The Morgan fingerprint density at radius 2 is 1.60 bits per heavy atom. The number of alkyl halides is 5. The van der Waals surface area contributed by atoms with Crippen molar-refractivity contribution < 1.29 is 45.3 Å². The summed E-state index contributed by atoms with van der Waals surface area (Å²) in [5.41, 5.74) is -0.526. The molecule has 55 heavy (non-hydrogen) atoms. The van der Waals surface area contributed by atoms with Crippen molar-refractivity contribution in [3.8, 4) is 6.01 Å². The van der Waals surface area contributed by atoms with Gasteiger partial charge in [-0.05, 0) is 80.5 Å². The first-order valence-corrected chi connectivity index (χ1v) is 19.2. The zero-order valence-electron chi connectivity index (χ0n) is 29.0. The molecule has 1 heterocycles. The quantitative estimate of drug-likeness (QED) is 0.0890. The maximum absolute atomic E-state index is 13.8. The predicted molar refractivity (Wildman–Crippen MR) is 190 cm³/mol. The first kappa shape index (κ1) is 38.6. The lowest BCUT2D eigenvalue weighted by atomic mass is 10.1. The number of amides is 3. The van der Waals surface area contributed by atoms with E-state index in [-0.39, 0.29) is 54.9 Å². The van der Waals surface area contributed by atoms with Gasteiger partial charge in [0.15, 0.2) is 6.61 Å². The summed E-state index contributed by atoms with van der Waals surface area (Å²) in [4.78, 5) is 50.9. The average Bonchev–Trinajstić information content (AvgIpc) is 3.94. The van der Waals surface area contributed by atoms with Crippen LogP contribution in [0.5, 0.6) is 6.01 Å². The first-order valence-electron chi connectivity index (χ1n) is 17.6. The molecule has 4 aliphatic carbocycles. The smallest absolute Gasteiger partial charge is 0.422 e. The van der Waals surface area contributed by atoms with E-state index in [0.29, 0.717) is 36.4 Å². The van der Waals surface area contributed by atoms with Crippen molar-refractivity contribution >= 4 is 57.9 Å². The van der Waals surface area contributed by atoms with Crippen molar-refractivity contribution in [3.63, 3.8) is 0 Å². The minimum atomic E-state index is -4.63. The van der Waals surface area contributed by atoms with Gasteiger partial charge < -0.3 is 26.0 Å². The van der Waals surface area contributed by atoms with E-state index in [9.17, 15) is 40.5 Å². The Labute approximate surface area is 318 Å². The van der Waals surface area contributed by atoms with Gasteiger partial charge in [0.2, 0.25) is 17.8 Å². The van der Waals surface area contributed by atoms with Crippen LogP contribution in [0, 0.1) is 11.8 Å². The van der Waals surface area contributed by atoms with Gasteiger partial charge in [-0.15, -0.1) is 0 Å². The van der Waals surface area contributed by atoms with E-state index < -0.39 is 76.3 Å². The summed E-state index contributed by atoms with van der Waals surface area (Å²) in [6.45, 7) is -1.53. The highest BCUT2D eigenvalue weighted by atomic mass is 35.5. The Hall–Kier alpha value is -4.65. The molecule has 4 aliphatic rings. The largest absolute Gasteiger partial charge is 0.454 e. The zero-order valence-corrected chi connectivity index (χ0v) is 30.6. The second-order valence-electron chi connectivity index (χ2n) is 14.3. The van der Waals surface area contributed by atoms with Crippen LogP contribution in [-0.2, 0) is 26.1 Å². The summed E-state index contributed by atoms with van der Waals surface area (Å²) in [5, 5.41) is 11.8. The minimum Gasteiger partial charge on any atom is -0.454 e. The van der Waals surface area contributed by atoms with Gasteiger partial charge in [0.05, 0.1) is 10.8 Å². The van der Waals surface area contributed by atoms with E-state index in [1.807, 2.05) is 12.1 Å². The highest BCUT2D eigenvalue weighted by Gasteiger charge is 2.74. The highest BCUT2D eigenvalue weighted by Crippen LogP contribution is 2.64. The minimum absolute atomic E-state index is 0.0170. The molecule has 2 aromatic carbocycles. The Bertz CT molecular complexity index is 1980. The van der Waals surface area contributed by atoms with Gasteiger partial charge in [0.1, 0.15) is 16.5 Å². The molecule has 13 nitrogen and oxygen atoms in total. The van der Waals surface area contributed by atoms with Crippen molar-refractivity contribution in [2.24, 2.45) is 11.8 Å². The van der Waals surface area contributed by atoms with Gasteiger partial charge in [-0.1, -0.05) is 23.7 Å². The number of rotatable bonds is 17. The predicted octanol–water partition coefficient (Wildman–Crippen LogP) is 5.29. The summed E-state index contributed by atoms with van der Waals surface area (Å²) in [5.74, 6) is -6.52. The molecule has 4 fully saturated rings. The fourth-order valence-corrected chi connectivity index (χ4v) is 7.65. The number of ether oxygens (including phenoxy) is 1. The number of benzene rings is 2. The number of nitrogens with zero attached hydrogens (tertiary/aromatic N) is 3. The van der Waals surface area contributed by atoms with Crippen LogP contribution in [0.3, 0.4) is 0 Å². The van der Waals surface area contributed by atoms with E-state index >= 15 is 0 Å². The fraction of sp³-hybridized carbons (Fsp3) is 0.486. The van der Waals surface area contributed by atoms with Gasteiger partial charge in [-0.3, -0.25) is 19.1 Å². The normalized spacial score (nSPS) is 23.5. The molecule has 5 N–H and O–H groups in total. The molecule has 3 aromatic rings. The van der Waals surface area contributed by atoms with E-state index in [2.05, 4.69) is 40.9 Å². The fourth-order valence-electron chi connectivity index (χ4n) is 6.43. The first-order chi connectivity index (χ1) is 26.0. The Morgan fingerprint density at radius 1 is 0.927 bits per heavy atom. The molecule has 7 rings (SSSR count). The number of aromatic nitrogens is 3. The van der Waals surface area contributed by atoms with Gasteiger partial charge in [0, 0.05) is 47.5 Å². The lowest BCUT2D eigenvalue weighted by molar-refractivity contribution is -0.154. The van der Waals surface area contributed by atoms with Crippen LogP contribution in [0.25, 0.3) is 0 Å². The molecule has 20 heteroatoms. The number of halogens is 6. The van der Waals surface area contributed by atoms with Gasteiger partial charge in [-0.25, -0.2) is 13.0 Å².